The fourth-order valence-corrected chi connectivity index (χ4v) is 2.03. The fraction of sp³-hybridized carbons (Fsp3) is 0.714. The Bertz CT molecular complexity index is 406. The van der Waals surface area contributed by atoms with Gasteiger partial charge in [0, 0.05) is 32.8 Å². The minimum absolute atomic E-state index is 0.472. The van der Waals surface area contributed by atoms with Crippen molar-refractivity contribution < 1.29 is 4.74 Å². The molecule has 0 bridgehead atoms. The molecule has 5 nitrogen and oxygen atoms in total. The van der Waals surface area contributed by atoms with E-state index in [1.807, 2.05) is 20.0 Å². The standard InChI is InChI=1S/C14H24N4O/c1-4-18(9-11-6-7-11)14-8-12(15-3)16-13(17-14)10-19-5-2/h8,11H,4-7,9-10H2,1-3H3,(H,15,16,17). The predicted octanol–water partition coefficient (Wildman–Crippen LogP) is 2.29. The zero-order valence-corrected chi connectivity index (χ0v) is 12.1. The van der Waals surface area contributed by atoms with E-state index in [4.69, 9.17) is 4.74 Å². The monoisotopic (exact) mass is 264 g/mol. The Labute approximate surface area is 115 Å². The number of aromatic nitrogens is 2. The summed E-state index contributed by atoms with van der Waals surface area (Å²) < 4.78 is 5.41. The van der Waals surface area contributed by atoms with Crippen LogP contribution in [0.4, 0.5) is 11.6 Å². The number of hydrogen-bond acceptors (Lipinski definition) is 5. The quantitative estimate of drug-likeness (QED) is 0.780. The molecule has 1 aromatic rings. The summed E-state index contributed by atoms with van der Waals surface area (Å²) in [5.74, 6) is 3.46. The molecule has 0 aliphatic heterocycles. The Balaban J connectivity index is 2.15. The zero-order valence-electron chi connectivity index (χ0n) is 12.1. The van der Waals surface area contributed by atoms with Crippen LogP contribution < -0.4 is 10.2 Å². The SMILES string of the molecule is CCOCc1nc(NC)cc(N(CC)CC2CC2)n1. The summed E-state index contributed by atoms with van der Waals surface area (Å²) in [5, 5.41) is 3.10. The van der Waals surface area contributed by atoms with Gasteiger partial charge in [-0.25, -0.2) is 9.97 Å². The van der Waals surface area contributed by atoms with E-state index < -0.39 is 0 Å². The highest BCUT2D eigenvalue weighted by Crippen LogP contribution is 2.31. The van der Waals surface area contributed by atoms with Crippen LogP contribution in [0.25, 0.3) is 0 Å². The number of nitrogens with one attached hydrogen (secondary N) is 1. The van der Waals surface area contributed by atoms with Crippen molar-refractivity contribution in [3.8, 4) is 0 Å². The maximum absolute atomic E-state index is 5.41. The highest BCUT2D eigenvalue weighted by molar-refractivity contribution is 5.49. The minimum Gasteiger partial charge on any atom is -0.374 e. The Morgan fingerprint density at radius 3 is 2.74 bits per heavy atom. The molecule has 1 heterocycles. The number of hydrogen-bond donors (Lipinski definition) is 1. The second kappa shape index (κ2) is 6.70. The molecule has 2 rings (SSSR count). The third-order valence-electron chi connectivity index (χ3n) is 3.33. The Morgan fingerprint density at radius 1 is 1.37 bits per heavy atom. The smallest absolute Gasteiger partial charge is 0.158 e. The average molecular weight is 264 g/mol. The molecule has 1 aromatic heterocycles. The van der Waals surface area contributed by atoms with Gasteiger partial charge in [-0.15, -0.1) is 0 Å². The number of nitrogens with zero attached hydrogens (tertiary/aromatic N) is 3. The van der Waals surface area contributed by atoms with Crippen molar-refractivity contribution in [3.63, 3.8) is 0 Å². The Morgan fingerprint density at radius 2 is 2.16 bits per heavy atom. The summed E-state index contributed by atoms with van der Waals surface area (Å²) in [6.07, 6.45) is 2.71. The third-order valence-corrected chi connectivity index (χ3v) is 3.33. The fourth-order valence-electron chi connectivity index (χ4n) is 2.03. The zero-order chi connectivity index (χ0) is 13.7. The molecule has 19 heavy (non-hydrogen) atoms. The van der Waals surface area contributed by atoms with Crippen molar-refractivity contribution in [2.24, 2.45) is 5.92 Å². The molecule has 5 heteroatoms. The van der Waals surface area contributed by atoms with Crippen molar-refractivity contribution in [1.82, 2.24) is 9.97 Å². The van der Waals surface area contributed by atoms with Crippen LogP contribution in [0, 0.1) is 5.92 Å². The number of ether oxygens (including phenoxy) is 1. The second-order valence-corrected chi connectivity index (χ2v) is 4.90. The van der Waals surface area contributed by atoms with Gasteiger partial charge in [0.1, 0.15) is 18.2 Å². The first kappa shape index (κ1) is 14.1. The molecule has 1 fully saturated rings. The van der Waals surface area contributed by atoms with Crippen molar-refractivity contribution in [3.05, 3.63) is 11.9 Å². The molecule has 0 aromatic carbocycles. The summed E-state index contributed by atoms with van der Waals surface area (Å²) in [4.78, 5) is 11.4. The number of rotatable bonds is 8. The Kier molecular flexibility index (Phi) is 4.96. The summed E-state index contributed by atoms with van der Waals surface area (Å²) in [6.45, 7) is 7.39. The summed E-state index contributed by atoms with van der Waals surface area (Å²) in [7, 11) is 1.88. The van der Waals surface area contributed by atoms with Crippen LogP contribution >= 0.6 is 0 Å². The van der Waals surface area contributed by atoms with Crippen LogP contribution in [0.1, 0.15) is 32.5 Å². The molecule has 1 N–H and O–H groups in total. The van der Waals surface area contributed by atoms with Crippen molar-refractivity contribution in [2.75, 3.05) is 37.0 Å². The molecule has 1 aliphatic carbocycles. The molecule has 0 atom stereocenters. The van der Waals surface area contributed by atoms with Crippen LogP contribution in [-0.2, 0) is 11.3 Å². The van der Waals surface area contributed by atoms with Crippen LogP contribution in [0.5, 0.6) is 0 Å². The normalized spacial score (nSPS) is 14.5. The van der Waals surface area contributed by atoms with E-state index in [1.54, 1.807) is 0 Å². The maximum atomic E-state index is 5.41. The van der Waals surface area contributed by atoms with E-state index in [2.05, 4.69) is 27.1 Å². The van der Waals surface area contributed by atoms with Crippen LogP contribution in [0.3, 0.4) is 0 Å². The second-order valence-electron chi connectivity index (χ2n) is 4.90. The molecule has 0 radical (unpaired) electrons. The molecule has 0 spiro atoms. The van der Waals surface area contributed by atoms with E-state index in [-0.39, 0.29) is 0 Å². The summed E-state index contributed by atoms with van der Waals surface area (Å²) in [5.41, 5.74) is 0. The summed E-state index contributed by atoms with van der Waals surface area (Å²) in [6, 6.07) is 2.02. The minimum atomic E-state index is 0.472. The lowest BCUT2D eigenvalue weighted by Gasteiger charge is -2.22. The molecule has 106 valence electrons. The van der Waals surface area contributed by atoms with Gasteiger partial charge in [0.05, 0.1) is 0 Å². The van der Waals surface area contributed by atoms with Crippen LogP contribution in [-0.4, -0.2) is 36.7 Å². The molecule has 0 saturated heterocycles. The van der Waals surface area contributed by atoms with Gasteiger partial charge in [-0.05, 0) is 32.6 Å². The van der Waals surface area contributed by atoms with Crippen molar-refractivity contribution in [2.45, 2.75) is 33.3 Å². The molecular weight excluding hydrogens is 240 g/mol. The molecule has 0 unspecified atom stereocenters. The Hall–Kier alpha value is -1.36. The lowest BCUT2D eigenvalue weighted by Crippen LogP contribution is -2.27. The van der Waals surface area contributed by atoms with Crippen molar-refractivity contribution >= 4 is 11.6 Å². The molecule has 1 saturated carbocycles. The van der Waals surface area contributed by atoms with Gasteiger partial charge in [0.15, 0.2) is 5.82 Å². The lowest BCUT2D eigenvalue weighted by atomic mass is 10.3. The first-order valence-electron chi connectivity index (χ1n) is 7.15. The first-order valence-corrected chi connectivity index (χ1v) is 7.15. The van der Waals surface area contributed by atoms with E-state index in [0.29, 0.717) is 13.2 Å². The van der Waals surface area contributed by atoms with E-state index in [0.717, 1.165) is 36.5 Å². The van der Waals surface area contributed by atoms with Gasteiger partial charge >= 0.3 is 0 Å². The first-order chi connectivity index (χ1) is 9.26. The van der Waals surface area contributed by atoms with Gasteiger partial charge in [-0.1, -0.05) is 0 Å². The van der Waals surface area contributed by atoms with Crippen LogP contribution in [0.2, 0.25) is 0 Å². The van der Waals surface area contributed by atoms with Crippen molar-refractivity contribution in [1.29, 1.82) is 0 Å². The van der Waals surface area contributed by atoms with Gasteiger partial charge in [-0.2, -0.15) is 0 Å². The van der Waals surface area contributed by atoms with Gasteiger partial charge in [-0.3, -0.25) is 0 Å². The average Bonchev–Trinajstić information content (AvgIpc) is 3.26. The number of anilines is 2. The molecule has 0 amide bonds. The largest absolute Gasteiger partial charge is 0.374 e. The van der Waals surface area contributed by atoms with E-state index in [1.165, 1.54) is 12.8 Å². The molecule has 1 aliphatic rings. The van der Waals surface area contributed by atoms with Gasteiger partial charge in [0.2, 0.25) is 0 Å². The lowest BCUT2D eigenvalue weighted by molar-refractivity contribution is 0.128. The van der Waals surface area contributed by atoms with Crippen LogP contribution in [0.15, 0.2) is 6.07 Å². The van der Waals surface area contributed by atoms with Gasteiger partial charge in [0.25, 0.3) is 0 Å². The third kappa shape index (κ3) is 4.06. The summed E-state index contributed by atoms with van der Waals surface area (Å²) >= 11 is 0. The highest BCUT2D eigenvalue weighted by atomic mass is 16.5. The topological polar surface area (TPSA) is 50.3 Å². The maximum Gasteiger partial charge on any atom is 0.158 e. The highest BCUT2D eigenvalue weighted by Gasteiger charge is 2.24. The van der Waals surface area contributed by atoms with E-state index >= 15 is 0 Å². The molecular formula is C14H24N4O. The van der Waals surface area contributed by atoms with Gasteiger partial charge < -0.3 is 15.0 Å². The van der Waals surface area contributed by atoms with E-state index in [9.17, 15) is 0 Å². The predicted molar refractivity (Wildman–Crippen MR) is 77.5 cm³/mol.